The number of esters is 1. The molecule has 0 radical (unpaired) electrons. The Morgan fingerprint density at radius 2 is 1.94 bits per heavy atom. The van der Waals surface area contributed by atoms with E-state index in [1.807, 2.05) is 19.0 Å². The third-order valence-corrected chi connectivity index (χ3v) is 8.69. The predicted octanol–water partition coefficient (Wildman–Crippen LogP) is 4.96. The van der Waals surface area contributed by atoms with Crippen molar-refractivity contribution in [3.8, 4) is 0 Å². The summed E-state index contributed by atoms with van der Waals surface area (Å²) in [6.45, 7) is 8.95. The molecule has 0 amide bonds. The first-order valence-corrected chi connectivity index (χ1v) is 13.4. The molecule has 2 heterocycles. The van der Waals surface area contributed by atoms with Crippen LogP contribution in [0.15, 0.2) is 4.79 Å². The fourth-order valence-electron chi connectivity index (χ4n) is 5.66. The highest BCUT2D eigenvalue weighted by molar-refractivity contribution is 7.18. The molecule has 4 atom stereocenters. The van der Waals surface area contributed by atoms with E-state index in [0.717, 1.165) is 54.3 Å². The van der Waals surface area contributed by atoms with Crippen molar-refractivity contribution in [2.45, 2.75) is 91.3 Å². The second-order valence-corrected chi connectivity index (χ2v) is 11.9. The van der Waals surface area contributed by atoms with E-state index in [0.29, 0.717) is 30.1 Å². The van der Waals surface area contributed by atoms with Gasteiger partial charge in [0.1, 0.15) is 22.8 Å². The van der Waals surface area contributed by atoms with Crippen molar-refractivity contribution in [2.75, 3.05) is 14.1 Å². The van der Waals surface area contributed by atoms with Gasteiger partial charge in [0.05, 0.1) is 11.9 Å². The lowest BCUT2D eigenvalue weighted by atomic mass is 9.75. The average Bonchev–Trinajstić information content (AvgIpc) is 3.11. The lowest BCUT2D eigenvalue weighted by molar-refractivity contribution is -0.159. The van der Waals surface area contributed by atoms with Crippen LogP contribution in [0.3, 0.4) is 0 Å². The van der Waals surface area contributed by atoms with Crippen molar-refractivity contribution in [3.05, 3.63) is 26.6 Å². The van der Waals surface area contributed by atoms with E-state index in [-0.39, 0.29) is 17.6 Å². The van der Waals surface area contributed by atoms with Crippen molar-refractivity contribution in [1.29, 1.82) is 0 Å². The molecule has 2 aliphatic carbocycles. The van der Waals surface area contributed by atoms with Gasteiger partial charge in [-0.05, 0) is 82.9 Å². The minimum Gasteiger partial charge on any atom is -0.461 e. The van der Waals surface area contributed by atoms with Gasteiger partial charge in [0.15, 0.2) is 0 Å². The van der Waals surface area contributed by atoms with E-state index < -0.39 is 6.04 Å². The van der Waals surface area contributed by atoms with Crippen LogP contribution >= 0.6 is 11.3 Å². The molecule has 1 fully saturated rings. The van der Waals surface area contributed by atoms with E-state index in [1.165, 1.54) is 11.3 Å². The number of fused-ring (bicyclic) bond motifs is 3. The van der Waals surface area contributed by atoms with Crippen LogP contribution in [0.1, 0.15) is 82.1 Å². The fourth-order valence-corrected chi connectivity index (χ4v) is 6.93. The third kappa shape index (κ3) is 4.90. The largest absolute Gasteiger partial charge is 0.461 e. The van der Waals surface area contributed by atoms with Crippen LogP contribution in [0.2, 0.25) is 0 Å². The first kappa shape index (κ1) is 24.4. The summed E-state index contributed by atoms with van der Waals surface area (Å²) in [5.74, 6) is 1.72. The Hall–Kier alpha value is -1.73. The molecule has 4 rings (SSSR count). The molecule has 182 valence electrons. The molecule has 33 heavy (non-hydrogen) atoms. The zero-order valence-corrected chi connectivity index (χ0v) is 21.8. The van der Waals surface area contributed by atoms with Crippen LogP contribution in [-0.4, -0.2) is 40.6 Å². The lowest BCUT2D eigenvalue weighted by Gasteiger charge is -2.37. The number of carbonyl (C=O) groups is 1. The quantitative estimate of drug-likeness (QED) is 0.555. The number of ether oxygens (including phenoxy) is 1. The Labute approximate surface area is 201 Å². The number of hydrogen-bond acceptors (Lipinski definition) is 6. The molecule has 6 nitrogen and oxygen atoms in total. The van der Waals surface area contributed by atoms with Gasteiger partial charge in [-0.3, -0.25) is 9.36 Å². The van der Waals surface area contributed by atoms with Gasteiger partial charge < -0.3 is 9.64 Å². The van der Waals surface area contributed by atoms with Gasteiger partial charge in [-0.25, -0.2) is 9.78 Å². The summed E-state index contributed by atoms with van der Waals surface area (Å²) in [4.78, 5) is 36.3. The van der Waals surface area contributed by atoms with Gasteiger partial charge in [-0.2, -0.15) is 0 Å². The van der Waals surface area contributed by atoms with Gasteiger partial charge in [-0.15, -0.1) is 11.3 Å². The molecule has 7 heteroatoms. The highest BCUT2D eigenvalue weighted by Crippen LogP contribution is 2.37. The number of aromatic nitrogens is 2. The number of hydrogen-bond donors (Lipinski definition) is 0. The number of rotatable bonds is 6. The van der Waals surface area contributed by atoms with E-state index in [1.54, 1.807) is 22.8 Å². The Balaban J connectivity index is 1.71. The molecule has 0 aromatic carbocycles. The molecule has 2 aromatic heterocycles. The second kappa shape index (κ2) is 9.87. The summed E-state index contributed by atoms with van der Waals surface area (Å²) in [6, 6.07) is -0.700. The Morgan fingerprint density at radius 3 is 2.64 bits per heavy atom. The molecular formula is C26H39N3O3S. The molecule has 0 bridgehead atoms. The molecule has 2 aromatic rings. The van der Waals surface area contributed by atoms with Gasteiger partial charge in [0.2, 0.25) is 0 Å². The van der Waals surface area contributed by atoms with Crippen LogP contribution in [-0.2, 0) is 28.9 Å². The predicted molar refractivity (Wildman–Crippen MR) is 134 cm³/mol. The van der Waals surface area contributed by atoms with Gasteiger partial charge >= 0.3 is 5.97 Å². The number of nitrogens with zero attached hydrogens (tertiary/aromatic N) is 3. The minimum absolute atomic E-state index is 0.0812. The van der Waals surface area contributed by atoms with Crippen LogP contribution < -0.4 is 5.56 Å². The van der Waals surface area contributed by atoms with Crippen LogP contribution in [0.25, 0.3) is 10.2 Å². The van der Waals surface area contributed by atoms with E-state index >= 15 is 0 Å². The summed E-state index contributed by atoms with van der Waals surface area (Å²) >= 11 is 1.66. The molecule has 1 saturated carbocycles. The van der Waals surface area contributed by atoms with Crippen molar-refractivity contribution in [1.82, 2.24) is 14.5 Å². The summed E-state index contributed by atoms with van der Waals surface area (Å²) in [6.07, 6.45) is 7.30. The maximum Gasteiger partial charge on any atom is 0.329 e. The average molecular weight is 474 g/mol. The van der Waals surface area contributed by atoms with Crippen molar-refractivity contribution >= 4 is 27.5 Å². The fraction of sp³-hybridized carbons (Fsp3) is 0.731. The van der Waals surface area contributed by atoms with E-state index in [2.05, 4.69) is 20.8 Å². The summed E-state index contributed by atoms with van der Waals surface area (Å²) in [7, 11) is 3.92. The first-order chi connectivity index (χ1) is 15.7. The molecule has 0 saturated heterocycles. The maximum absolute atomic E-state index is 13.8. The maximum atomic E-state index is 13.8. The Morgan fingerprint density at radius 1 is 1.21 bits per heavy atom. The molecular weight excluding hydrogens is 434 g/mol. The Bertz CT molecular complexity index is 1070. The Kier molecular flexibility index (Phi) is 7.29. The second-order valence-electron chi connectivity index (χ2n) is 10.8. The van der Waals surface area contributed by atoms with Crippen LogP contribution in [0.5, 0.6) is 0 Å². The molecule has 4 unspecified atom stereocenters. The van der Waals surface area contributed by atoms with Crippen molar-refractivity contribution in [2.24, 2.45) is 17.8 Å². The van der Waals surface area contributed by atoms with Gasteiger partial charge in [-0.1, -0.05) is 27.2 Å². The smallest absolute Gasteiger partial charge is 0.329 e. The molecule has 2 aliphatic rings. The number of aryl methyl sites for hydroxylation is 2. The zero-order chi connectivity index (χ0) is 23.9. The third-order valence-electron chi connectivity index (χ3n) is 7.51. The summed E-state index contributed by atoms with van der Waals surface area (Å²) in [5.41, 5.74) is 1.07. The summed E-state index contributed by atoms with van der Waals surface area (Å²) < 4.78 is 7.75. The highest BCUT2D eigenvalue weighted by Gasteiger charge is 2.35. The van der Waals surface area contributed by atoms with Crippen LogP contribution in [0.4, 0.5) is 0 Å². The number of thiophene rings is 1. The topological polar surface area (TPSA) is 64.4 Å². The molecule has 0 aliphatic heterocycles. The monoisotopic (exact) mass is 473 g/mol. The zero-order valence-electron chi connectivity index (χ0n) is 21.0. The molecule has 0 N–H and O–H groups in total. The number of carbonyl (C=O) groups excluding carboxylic acids is 1. The van der Waals surface area contributed by atoms with E-state index in [4.69, 9.17) is 9.72 Å². The standard InChI is InChI=1S/C26H39N3O3S/c1-15(2)18-12-11-16(3)13-20(18)32-26(31)17(4)29-22(14-28(5)6)27-24-23(25(29)30)19-9-7-8-10-21(19)33-24/h15-18,20H,7-14H2,1-6H3. The summed E-state index contributed by atoms with van der Waals surface area (Å²) in [5, 5.41) is 0.725. The highest BCUT2D eigenvalue weighted by atomic mass is 32.1. The first-order valence-electron chi connectivity index (χ1n) is 12.6. The van der Waals surface area contributed by atoms with Crippen molar-refractivity contribution in [3.63, 3.8) is 0 Å². The SMILES string of the molecule is CC1CCC(C(C)C)C(OC(=O)C(C)n2c(CN(C)C)nc3sc4c(c3c2=O)CCCC4)C1. The molecule has 0 spiro atoms. The van der Waals surface area contributed by atoms with E-state index in [9.17, 15) is 9.59 Å². The van der Waals surface area contributed by atoms with Crippen LogP contribution in [0, 0.1) is 17.8 Å². The minimum atomic E-state index is -0.700. The van der Waals surface area contributed by atoms with Crippen molar-refractivity contribution < 1.29 is 9.53 Å². The normalized spacial score (nSPS) is 24.3. The van der Waals surface area contributed by atoms with Gasteiger partial charge in [0.25, 0.3) is 5.56 Å². The van der Waals surface area contributed by atoms with Gasteiger partial charge in [0, 0.05) is 4.88 Å². The lowest BCUT2D eigenvalue weighted by Crippen LogP contribution is -2.40.